The Bertz CT molecular complexity index is 450. The number of carbonyl (C=O) groups excluding carboxylic acids is 1. The van der Waals surface area contributed by atoms with Gasteiger partial charge in [-0.3, -0.25) is 9.48 Å². The molecule has 1 unspecified atom stereocenters. The number of Topliss-reactive ketones (excluding diaryl/α,β-unsaturated/α-hetero) is 1. The fraction of sp³-hybridized carbons (Fsp3) is 0.714. The fourth-order valence-electron chi connectivity index (χ4n) is 2.01. The minimum Gasteiger partial charge on any atom is -0.329 e. The lowest BCUT2D eigenvalue weighted by Gasteiger charge is -2.24. The number of ketones is 1. The maximum Gasteiger partial charge on any atom is 0.145 e. The quantitative estimate of drug-likeness (QED) is 0.836. The number of hydrogen-bond acceptors (Lipinski definition) is 3. The molecule has 0 aliphatic heterocycles. The molecule has 0 aliphatic rings. The Hall–Kier alpha value is -0.680. The van der Waals surface area contributed by atoms with Crippen LogP contribution in [-0.4, -0.2) is 22.1 Å². The Morgan fingerprint density at radius 2 is 2.05 bits per heavy atom. The zero-order chi connectivity index (χ0) is 14.6. The first-order chi connectivity index (χ1) is 8.93. The average molecular weight is 330 g/mol. The van der Waals surface area contributed by atoms with Crippen LogP contribution in [0.3, 0.4) is 0 Å². The topological polar surface area (TPSA) is 60.9 Å². The number of nitrogens with zero attached hydrogens (tertiary/aromatic N) is 2. The molecule has 0 aromatic carbocycles. The maximum absolute atomic E-state index is 12.5. The summed E-state index contributed by atoms with van der Waals surface area (Å²) in [7, 11) is 0. The number of hydrogen-bond donors (Lipinski definition) is 1. The van der Waals surface area contributed by atoms with Crippen LogP contribution >= 0.6 is 15.9 Å². The van der Waals surface area contributed by atoms with Crippen molar-refractivity contribution in [1.29, 1.82) is 0 Å². The molecule has 0 fully saturated rings. The van der Waals surface area contributed by atoms with Gasteiger partial charge < -0.3 is 5.73 Å². The molecule has 1 aromatic heterocycles. The van der Waals surface area contributed by atoms with Gasteiger partial charge in [0, 0.05) is 18.5 Å². The van der Waals surface area contributed by atoms with Gasteiger partial charge in [-0.05, 0) is 35.7 Å². The minimum absolute atomic E-state index is 0.190. The van der Waals surface area contributed by atoms with Gasteiger partial charge in [0.1, 0.15) is 5.78 Å². The van der Waals surface area contributed by atoms with Gasteiger partial charge in [-0.1, -0.05) is 20.8 Å². The average Bonchev–Trinajstić information content (AvgIpc) is 2.74. The van der Waals surface area contributed by atoms with E-state index in [4.69, 9.17) is 5.73 Å². The van der Waals surface area contributed by atoms with Crippen molar-refractivity contribution in [2.75, 3.05) is 6.54 Å². The third kappa shape index (κ3) is 3.26. The van der Waals surface area contributed by atoms with Crippen molar-refractivity contribution in [1.82, 2.24) is 9.78 Å². The van der Waals surface area contributed by atoms with Crippen LogP contribution in [0.25, 0.3) is 0 Å². The van der Waals surface area contributed by atoms with Crippen LogP contribution in [0.15, 0.2) is 4.47 Å². The highest BCUT2D eigenvalue weighted by atomic mass is 79.9. The summed E-state index contributed by atoms with van der Waals surface area (Å²) in [6.45, 7) is 9.21. The molecule has 1 aromatic rings. The Labute approximate surface area is 123 Å². The minimum atomic E-state index is -0.436. The zero-order valence-corrected chi connectivity index (χ0v) is 13.9. The third-order valence-corrected chi connectivity index (χ3v) is 4.84. The Morgan fingerprint density at radius 1 is 1.42 bits per heavy atom. The number of aryl methyl sites for hydroxylation is 2. The lowest BCUT2D eigenvalue weighted by Crippen LogP contribution is -2.36. The Balaban J connectivity index is 3.05. The van der Waals surface area contributed by atoms with E-state index in [0.717, 1.165) is 35.2 Å². The molecular formula is C14H24BrN3O. The van der Waals surface area contributed by atoms with Crippen molar-refractivity contribution in [3.05, 3.63) is 15.9 Å². The second kappa shape index (κ2) is 6.66. The van der Waals surface area contributed by atoms with Gasteiger partial charge in [-0.2, -0.15) is 5.10 Å². The van der Waals surface area contributed by atoms with Crippen LogP contribution in [0.5, 0.6) is 0 Å². The summed E-state index contributed by atoms with van der Waals surface area (Å²) in [4.78, 5) is 12.5. The van der Waals surface area contributed by atoms with Gasteiger partial charge in [0.05, 0.1) is 22.3 Å². The number of rotatable bonds is 7. The number of aromatic nitrogens is 2. The first-order valence-corrected chi connectivity index (χ1v) is 7.70. The highest BCUT2D eigenvalue weighted by Gasteiger charge is 2.31. The number of halogens is 1. The molecule has 4 nitrogen and oxygen atoms in total. The second-order valence-corrected chi connectivity index (χ2v) is 5.89. The van der Waals surface area contributed by atoms with Gasteiger partial charge in [0.25, 0.3) is 0 Å². The molecule has 19 heavy (non-hydrogen) atoms. The van der Waals surface area contributed by atoms with E-state index in [-0.39, 0.29) is 5.78 Å². The van der Waals surface area contributed by atoms with E-state index in [1.165, 1.54) is 0 Å². The summed E-state index contributed by atoms with van der Waals surface area (Å²) in [6.07, 6.45) is 2.01. The van der Waals surface area contributed by atoms with Crippen LogP contribution in [-0.2, 0) is 24.2 Å². The number of carbonyl (C=O) groups is 1. The molecular weight excluding hydrogens is 306 g/mol. The van der Waals surface area contributed by atoms with E-state index in [0.29, 0.717) is 13.0 Å². The summed E-state index contributed by atoms with van der Waals surface area (Å²) in [5.41, 5.74) is 7.30. The van der Waals surface area contributed by atoms with Crippen LogP contribution in [0.4, 0.5) is 0 Å². The van der Waals surface area contributed by atoms with Gasteiger partial charge >= 0.3 is 0 Å². The van der Waals surface area contributed by atoms with Gasteiger partial charge in [0.15, 0.2) is 0 Å². The molecule has 5 heteroatoms. The van der Waals surface area contributed by atoms with Gasteiger partial charge in [0.2, 0.25) is 0 Å². The molecule has 2 N–H and O–H groups in total. The molecule has 0 saturated carbocycles. The predicted molar refractivity (Wildman–Crippen MR) is 81.1 cm³/mol. The van der Waals surface area contributed by atoms with Crippen LogP contribution in [0.2, 0.25) is 0 Å². The fourth-order valence-corrected chi connectivity index (χ4v) is 2.71. The molecule has 0 bridgehead atoms. The first kappa shape index (κ1) is 16.4. The number of nitrogens with two attached hydrogens (primary N) is 1. The lowest BCUT2D eigenvalue weighted by molar-refractivity contribution is -0.127. The smallest absolute Gasteiger partial charge is 0.145 e. The molecule has 0 radical (unpaired) electrons. The highest BCUT2D eigenvalue weighted by Crippen LogP contribution is 2.27. The van der Waals surface area contributed by atoms with Gasteiger partial charge in [-0.25, -0.2) is 0 Å². The van der Waals surface area contributed by atoms with E-state index in [1.807, 2.05) is 25.5 Å². The van der Waals surface area contributed by atoms with E-state index < -0.39 is 5.41 Å². The molecule has 1 rings (SSSR count). The van der Waals surface area contributed by atoms with Crippen LogP contribution in [0, 0.1) is 5.41 Å². The summed E-state index contributed by atoms with van der Waals surface area (Å²) in [5.74, 6) is 0.190. The van der Waals surface area contributed by atoms with Crippen molar-refractivity contribution < 1.29 is 4.79 Å². The SMILES string of the molecule is CCc1nn(CC)c(CC(=O)C(C)(CC)CN)c1Br. The van der Waals surface area contributed by atoms with Crippen molar-refractivity contribution >= 4 is 21.7 Å². The molecule has 108 valence electrons. The predicted octanol–water partition coefficient (Wildman–Crippen LogP) is 2.71. The molecule has 0 saturated heterocycles. The van der Waals surface area contributed by atoms with Crippen LogP contribution < -0.4 is 5.73 Å². The largest absolute Gasteiger partial charge is 0.329 e. The van der Waals surface area contributed by atoms with Gasteiger partial charge in [-0.15, -0.1) is 0 Å². The summed E-state index contributed by atoms with van der Waals surface area (Å²) >= 11 is 3.58. The van der Waals surface area contributed by atoms with E-state index in [2.05, 4.69) is 28.0 Å². The summed E-state index contributed by atoms with van der Waals surface area (Å²) < 4.78 is 2.88. The van der Waals surface area contributed by atoms with Crippen molar-refractivity contribution in [2.24, 2.45) is 11.1 Å². The third-order valence-electron chi connectivity index (χ3n) is 3.93. The normalized spacial score (nSPS) is 14.4. The molecule has 1 heterocycles. The van der Waals surface area contributed by atoms with E-state index >= 15 is 0 Å². The van der Waals surface area contributed by atoms with E-state index in [1.54, 1.807) is 0 Å². The standard InChI is InChI=1S/C14H24BrN3O/c1-5-10-13(15)11(18(7-3)17-10)8-12(19)14(4,6-2)9-16/h5-9,16H2,1-4H3. The zero-order valence-electron chi connectivity index (χ0n) is 12.3. The van der Waals surface area contributed by atoms with E-state index in [9.17, 15) is 4.79 Å². The summed E-state index contributed by atoms with van der Waals surface area (Å²) in [5, 5.41) is 4.52. The second-order valence-electron chi connectivity index (χ2n) is 5.09. The van der Waals surface area contributed by atoms with Crippen LogP contribution in [0.1, 0.15) is 45.5 Å². The Morgan fingerprint density at radius 3 is 2.47 bits per heavy atom. The maximum atomic E-state index is 12.5. The molecule has 0 amide bonds. The molecule has 1 atom stereocenters. The monoisotopic (exact) mass is 329 g/mol. The Kier molecular flexibility index (Phi) is 5.74. The van der Waals surface area contributed by atoms with Crippen molar-refractivity contribution in [3.63, 3.8) is 0 Å². The lowest BCUT2D eigenvalue weighted by atomic mass is 9.81. The molecule has 0 aliphatic carbocycles. The van der Waals surface area contributed by atoms with Crippen molar-refractivity contribution in [2.45, 2.75) is 53.5 Å². The summed E-state index contributed by atoms with van der Waals surface area (Å²) in [6, 6.07) is 0. The van der Waals surface area contributed by atoms with Crippen molar-refractivity contribution in [3.8, 4) is 0 Å². The first-order valence-electron chi connectivity index (χ1n) is 6.90. The highest BCUT2D eigenvalue weighted by molar-refractivity contribution is 9.10. The molecule has 0 spiro atoms.